The van der Waals surface area contributed by atoms with Crippen LogP contribution in [0.15, 0.2) is 0 Å². The van der Waals surface area contributed by atoms with E-state index in [-0.39, 0.29) is 12.5 Å². The number of aliphatic hydroxyl groups excluding tert-OH is 1. The van der Waals surface area contributed by atoms with Crippen LogP contribution in [0.1, 0.15) is 12.8 Å². The van der Waals surface area contributed by atoms with Crippen molar-refractivity contribution in [1.29, 1.82) is 0 Å². The average molecular weight is 199 g/mol. The van der Waals surface area contributed by atoms with Crippen LogP contribution in [0.4, 0.5) is 0 Å². The maximum atomic E-state index is 11.5. The zero-order valence-electron chi connectivity index (χ0n) is 8.53. The van der Waals surface area contributed by atoms with Crippen molar-refractivity contribution in [2.24, 2.45) is 0 Å². The largest absolute Gasteiger partial charge is 0.395 e. The number of terminal acetylenes is 1. The van der Waals surface area contributed by atoms with Gasteiger partial charge in [-0.15, -0.1) is 12.3 Å². The van der Waals surface area contributed by atoms with Gasteiger partial charge in [-0.25, -0.2) is 0 Å². The first-order valence-electron chi connectivity index (χ1n) is 4.57. The van der Waals surface area contributed by atoms with Crippen LogP contribution in [0, 0.1) is 12.3 Å². The second kappa shape index (κ2) is 8.54. The number of aliphatic hydroxyl groups is 1. The maximum absolute atomic E-state index is 11.5. The lowest BCUT2D eigenvalue weighted by Crippen LogP contribution is -2.35. The predicted molar refractivity (Wildman–Crippen MR) is 53.6 cm³/mol. The van der Waals surface area contributed by atoms with Crippen molar-refractivity contribution < 1.29 is 14.6 Å². The molecule has 0 radical (unpaired) electrons. The molecule has 4 heteroatoms. The molecule has 1 N–H and O–H groups in total. The van der Waals surface area contributed by atoms with Crippen LogP contribution in [0.3, 0.4) is 0 Å². The molecule has 0 fully saturated rings. The Bertz CT molecular complexity index is 198. The number of hydrogen-bond acceptors (Lipinski definition) is 3. The highest BCUT2D eigenvalue weighted by Crippen LogP contribution is 1.97. The second-order valence-corrected chi connectivity index (χ2v) is 2.80. The summed E-state index contributed by atoms with van der Waals surface area (Å²) >= 11 is 0. The molecule has 14 heavy (non-hydrogen) atoms. The van der Waals surface area contributed by atoms with Crippen molar-refractivity contribution in [3.05, 3.63) is 0 Å². The molecule has 0 aliphatic carbocycles. The number of rotatable bonds is 7. The van der Waals surface area contributed by atoms with Crippen LogP contribution in [0.2, 0.25) is 0 Å². The second-order valence-electron chi connectivity index (χ2n) is 2.80. The molecule has 0 saturated heterocycles. The number of nitrogens with zero attached hydrogens (tertiary/aromatic N) is 1. The quantitative estimate of drug-likeness (QED) is 0.581. The summed E-state index contributed by atoms with van der Waals surface area (Å²) in [6, 6.07) is 0. The van der Waals surface area contributed by atoms with Crippen molar-refractivity contribution in [3.63, 3.8) is 0 Å². The molecule has 0 unspecified atom stereocenters. The van der Waals surface area contributed by atoms with Gasteiger partial charge in [0.25, 0.3) is 0 Å². The van der Waals surface area contributed by atoms with Gasteiger partial charge >= 0.3 is 0 Å². The van der Waals surface area contributed by atoms with Crippen LogP contribution in [0.5, 0.6) is 0 Å². The third-order valence-electron chi connectivity index (χ3n) is 1.77. The molecular weight excluding hydrogens is 182 g/mol. The number of hydrogen-bond donors (Lipinski definition) is 1. The van der Waals surface area contributed by atoms with Crippen molar-refractivity contribution >= 4 is 5.91 Å². The topological polar surface area (TPSA) is 49.8 Å². The van der Waals surface area contributed by atoms with Crippen LogP contribution >= 0.6 is 0 Å². The van der Waals surface area contributed by atoms with Crippen LogP contribution < -0.4 is 0 Å². The number of amides is 1. The van der Waals surface area contributed by atoms with E-state index < -0.39 is 0 Å². The van der Waals surface area contributed by atoms with Crippen molar-refractivity contribution in [2.45, 2.75) is 12.8 Å². The molecule has 80 valence electrons. The van der Waals surface area contributed by atoms with Crippen molar-refractivity contribution in [2.75, 3.05) is 33.4 Å². The Kier molecular flexibility index (Phi) is 7.90. The third-order valence-corrected chi connectivity index (χ3v) is 1.77. The van der Waals surface area contributed by atoms with Crippen LogP contribution in [0.25, 0.3) is 0 Å². The normalized spacial score (nSPS) is 9.50. The lowest BCUT2D eigenvalue weighted by atomic mass is 10.3. The fraction of sp³-hybridized carbons (Fsp3) is 0.700. The van der Waals surface area contributed by atoms with Gasteiger partial charge in [0.2, 0.25) is 5.91 Å². The van der Waals surface area contributed by atoms with Gasteiger partial charge < -0.3 is 14.7 Å². The van der Waals surface area contributed by atoms with Crippen molar-refractivity contribution in [3.8, 4) is 12.3 Å². The minimum absolute atomic E-state index is 0.0333. The fourth-order valence-corrected chi connectivity index (χ4v) is 1.02. The molecule has 0 aromatic rings. The molecule has 0 atom stereocenters. The first-order chi connectivity index (χ1) is 6.76. The number of carbonyl (C=O) groups is 1. The summed E-state index contributed by atoms with van der Waals surface area (Å²) in [4.78, 5) is 13.0. The molecule has 0 bridgehead atoms. The molecule has 0 saturated carbocycles. The zero-order chi connectivity index (χ0) is 10.8. The summed E-state index contributed by atoms with van der Waals surface area (Å²) in [6.45, 7) is 1.28. The SMILES string of the molecule is C#CCCC(=O)N(CCO)CCOC. The zero-order valence-corrected chi connectivity index (χ0v) is 8.53. The van der Waals surface area contributed by atoms with Gasteiger partial charge in [-0.05, 0) is 0 Å². The summed E-state index contributed by atoms with van der Waals surface area (Å²) in [5.74, 6) is 2.38. The Morgan fingerprint density at radius 2 is 2.29 bits per heavy atom. The Morgan fingerprint density at radius 3 is 2.79 bits per heavy atom. The van der Waals surface area contributed by atoms with Gasteiger partial charge in [0, 0.05) is 33.0 Å². The first kappa shape index (κ1) is 12.9. The molecule has 0 aromatic carbocycles. The number of methoxy groups -OCH3 is 1. The minimum atomic E-state index is -0.0362. The van der Waals surface area contributed by atoms with Gasteiger partial charge in [0.05, 0.1) is 13.2 Å². The smallest absolute Gasteiger partial charge is 0.223 e. The highest BCUT2D eigenvalue weighted by molar-refractivity contribution is 5.76. The van der Waals surface area contributed by atoms with Gasteiger partial charge in [-0.1, -0.05) is 0 Å². The van der Waals surface area contributed by atoms with Gasteiger partial charge in [0.15, 0.2) is 0 Å². The lowest BCUT2D eigenvalue weighted by molar-refractivity contribution is -0.132. The molecule has 4 nitrogen and oxygen atoms in total. The molecule has 0 aromatic heterocycles. The van der Waals surface area contributed by atoms with E-state index in [0.717, 1.165) is 0 Å². The maximum Gasteiger partial charge on any atom is 0.223 e. The first-order valence-corrected chi connectivity index (χ1v) is 4.57. The molecule has 1 amide bonds. The molecule has 0 aliphatic rings. The highest BCUT2D eigenvalue weighted by Gasteiger charge is 2.11. The van der Waals surface area contributed by atoms with Crippen molar-refractivity contribution in [1.82, 2.24) is 4.90 Å². The van der Waals surface area contributed by atoms with Gasteiger partial charge in [-0.2, -0.15) is 0 Å². The molecule has 0 aliphatic heterocycles. The summed E-state index contributed by atoms with van der Waals surface area (Å²) < 4.78 is 4.86. The third kappa shape index (κ3) is 5.57. The van der Waals surface area contributed by atoms with Gasteiger partial charge in [0.1, 0.15) is 0 Å². The Labute approximate surface area is 84.9 Å². The summed E-state index contributed by atoms with van der Waals surface area (Å²) in [7, 11) is 1.57. The summed E-state index contributed by atoms with van der Waals surface area (Å²) in [5.41, 5.74) is 0. The van der Waals surface area contributed by atoms with E-state index in [2.05, 4.69) is 5.92 Å². The molecule has 0 rings (SSSR count). The Balaban J connectivity index is 3.91. The monoisotopic (exact) mass is 199 g/mol. The molecule has 0 spiro atoms. The Hall–Kier alpha value is -1.05. The summed E-state index contributed by atoms with van der Waals surface area (Å²) in [6.07, 6.45) is 5.83. The van der Waals surface area contributed by atoms with E-state index in [1.165, 1.54) is 0 Å². The van der Waals surface area contributed by atoms with E-state index >= 15 is 0 Å². The van der Waals surface area contributed by atoms with E-state index in [1.54, 1.807) is 12.0 Å². The molecule has 0 heterocycles. The molecular formula is C10H17NO3. The van der Waals surface area contributed by atoms with Gasteiger partial charge in [-0.3, -0.25) is 4.79 Å². The lowest BCUT2D eigenvalue weighted by Gasteiger charge is -2.20. The predicted octanol–water partition coefficient (Wildman–Crippen LogP) is -0.133. The van der Waals surface area contributed by atoms with E-state index in [1.807, 2.05) is 0 Å². The fourth-order valence-electron chi connectivity index (χ4n) is 1.02. The van der Waals surface area contributed by atoms with E-state index in [0.29, 0.717) is 32.5 Å². The van der Waals surface area contributed by atoms with E-state index in [9.17, 15) is 4.79 Å². The number of ether oxygens (including phenoxy) is 1. The van der Waals surface area contributed by atoms with Crippen LogP contribution in [-0.2, 0) is 9.53 Å². The minimum Gasteiger partial charge on any atom is -0.395 e. The standard InChI is InChI=1S/C10H17NO3/c1-3-4-5-10(13)11(6-8-12)7-9-14-2/h1,12H,4-9H2,2H3. The summed E-state index contributed by atoms with van der Waals surface area (Å²) in [5, 5.41) is 8.74. The average Bonchev–Trinajstić information content (AvgIpc) is 2.20. The Morgan fingerprint density at radius 1 is 1.57 bits per heavy atom. The highest BCUT2D eigenvalue weighted by atomic mass is 16.5. The van der Waals surface area contributed by atoms with E-state index in [4.69, 9.17) is 16.3 Å². The number of carbonyl (C=O) groups excluding carboxylic acids is 1. The van der Waals surface area contributed by atoms with Crippen LogP contribution in [-0.4, -0.2) is 49.3 Å².